The van der Waals surface area contributed by atoms with Crippen LogP contribution in [0, 0.1) is 12.7 Å². The van der Waals surface area contributed by atoms with Crippen LogP contribution in [0.3, 0.4) is 0 Å². The Kier molecular flexibility index (Phi) is 2.02. The third-order valence-electron chi connectivity index (χ3n) is 3.35. The molecule has 0 fully saturated rings. The number of rotatable bonds is 0. The van der Waals surface area contributed by atoms with Crippen molar-refractivity contribution in [3.63, 3.8) is 0 Å². The first kappa shape index (κ1) is 10.3. The maximum Gasteiger partial charge on any atom is 0.268 e. The molecule has 0 unspecified atom stereocenters. The molecule has 4 heteroatoms. The molecule has 1 aromatic heterocycles. The number of carbonyl (C=O) groups is 1. The highest BCUT2D eigenvalue weighted by molar-refractivity contribution is 5.99. The fraction of sp³-hybridized carbons (Fsp3) is 0.308. The Hall–Kier alpha value is -1.84. The van der Waals surface area contributed by atoms with Gasteiger partial charge in [0.1, 0.15) is 11.5 Å². The predicted molar refractivity (Wildman–Crippen MR) is 63.7 cm³/mol. The minimum atomic E-state index is -0.228. The van der Waals surface area contributed by atoms with E-state index in [4.69, 9.17) is 0 Å². The van der Waals surface area contributed by atoms with Crippen molar-refractivity contribution >= 4 is 16.8 Å². The number of nitrogens with one attached hydrogen (secondary N) is 1. The lowest BCUT2D eigenvalue weighted by molar-refractivity contribution is 0.0919. The molecular formula is C13H13FN2O. The molecule has 17 heavy (non-hydrogen) atoms. The van der Waals surface area contributed by atoms with Crippen LogP contribution in [0.4, 0.5) is 4.39 Å². The number of aryl methyl sites for hydroxylation is 1. The molecule has 1 aromatic carbocycles. The van der Waals surface area contributed by atoms with Crippen LogP contribution >= 0.6 is 0 Å². The lowest BCUT2D eigenvalue weighted by Crippen LogP contribution is -2.37. The quantitative estimate of drug-likeness (QED) is 0.743. The van der Waals surface area contributed by atoms with E-state index in [0.717, 1.165) is 10.9 Å². The molecule has 0 saturated carbocycles. The minimum absolute atomic E-state index is 0.0858. The van der Waals surface area contributed by atoms with Crippen LogP contribution in [0.2, 0.25) is 0 Å². The first-order chi connectivity index (χ1) is 8.08. The van der Waals surface area contributed by atoms with Gasteiger partial charge in [0.05, 0.1) is 0 Å². The number of hydrogen-bond donors (Lipinski definition) is 1. The van der Waals surface area contributed by atoms with Gasteiger partial charge in [0, 0.05) is 23.5 Å². The molecule has 1 amide bonds. The smallest absolute Gasteiger partial charge is 0.268 e. The topological polar surface area (TPSA) is 34.0 Å². The molecular weight excluding hydrogens is 219 g/mol. The summed E-state index contributed by atoms with van der Waals surface area (Å²) in [5.74, 6) is -0.314. The van der Waals surface area contributed by atoms with E-state index in [-0.39, 0.29) is 17.8 Å². The summed E-state index contributed by atoms with van der Waals surface area (Å²) in [6.07, 6.45) is 0. The van der Waals surface area contributed by atoms with Gasteiger partial charge in [-0.2, -0.15) is 0 Å². The molecule has 88 valence electrons. The molecule has 3 rings (SSSR count). The van der Waals surface area contributed by atoms with Crippen LogP contribution in [-0.4, -0.2) is 17.0 Å². The number of hydrogen-bond acceptors (Lipinski definition) is 1. The highest BCUT2D eigenvalue weighted by Gasteiger charge is 2.24. The Balaban J connectivity index is 2.38. The van der Waals surface area contributed by atoms with E-state index in [9.17, 15) is 9.18 Å². The van der Waals surface area contributed by atoms with Crippen LogP contribution < -0.4 is 5.32 Å². The molecule has 1 N–H and O–H groups in total. The molecule has 0 bridgehead atoms. The SMILES string of the molecule is Cc1cc2c(cc1F)cc1n2[C@H](C)CNC1=O. The number of carbonyl (C=O) groups excluding carboxylic acids is 1. The summed E-state index contributed by atoms with van der Waals surface area (Å²) in [6, 6.07) is 5.26. The van der Waals surface area contributed by atoms with Crippen LogP contribution in [0.5, 0.6) is 0 Å². The van der Waals surface area contributed by atoms with Gasteiger partial charge >= 0.3 is 0 Å². The Morgan fingerprint density at radius 2 is 2.18 bits per heavy atom. The third-order valence-corrected chi connectivity index (χ3v) is 3.35. The van der Waals surface area contributed by atoms with Crippen molar-refractivity contribution in [2.45, 2.75) is 19.9 Å². The summed E-state index contributed by atoms with van der Waals surface area (Å²) >= 11 is 0. The molecule has 2 heterocycles. The largest absolute Gasteiger partial charge is 0.349 e. The first-order valence-corrected chi connectivity index (χ1v) is 5.67. The van der Waals surface area contributed by atoms with E-state index in [2.05, 4.69) is 5.32 Å². The first-order valence-electron chi connectivity index (χ1n) is 5.67. The van der Waals surface area contributed by atoms with Crippen molar-refractivity contribution in [2.24, 2.45) is 0 Å². The molecule has 0 saturated heterocycles. The Labute approximate surface area is 98.2 Å². The van der Waals surface area contributed by atoms with Crippen molar-refractivity contribution < 1.29 is 9.18 Å². The molecule has 0 radical (unpaired) electrons. The van der Waals surface area contributed by atoms with Crippen LogP contribution in [0.15, 0.2) is 18.2 Å². The van der Waals surface area contributed by atoms with Crippen LogP contribution in [0.1, 0.15) is 29.0 Å². The third kappa shape index (κ3) is 1.37. The molecule has 2 aromatic rings. The standard InChI is InChI=1S/C13H13FN2O/c1-7-3-11-9(4-10(7)14)5-12-13(17)15-6-8(2)16(11)12/h3-5,8H,6H2,1-2H3,(H,15,17)/t8-/m1/s1. The zero-order chi connectivity index (χ0) is 12.2. The molecule has 0 aliphatic carbocycles. The zero-order valence-electron chi connectivity index (χ0n) is 9.75. The van der Waals surface area contributed by atoms with E-state index >= 15 is 0 Å². The summed E-state index contributed by atoms with van der Waals surface area (Å²) in [6.45, 7) is 4.40. The van der Waals surface area contributed by atoms with Gasteiger partial charge in [0.15, 0.2) is 0 Å². The second-order valence-electron chi connectivity index (χ2n) is 4.62. The van der Waals surface area contributed by atoms with Crippen molar-refractivity contribution in [3.8, 4) is 0 Å². The fourth-order valence-corrected chi connectivity index (χ4v) is 2.42. The molecule has 3 nitrogen and oxygen atoms in total. The Morgan fingerprint density at radius 1 is 1.41 bits per heavy atom. The van der Waals surface area contributed by atoms with Gasteiger partial charge in [-0.1, -0.05) is 0 Å². The molecule has 1 atom stereocenters. The van der Waals surface area contributed by atoms with Gasteiger partial charge in [-0.25, -0.2) is 4.39 Å². The number of halogens is 1. The van der Waals surface area contributed by atoms with Crippen molar-refractivity contribution in [1.29, 1.82) is 0 Å². The molecule has 0 spiro atoms. The number of benzene rings is 1. The zero-order valence-corrected chi connectivity index (χ0v) is 9.75. The normalized spacial score (nSPS) is 19.2. The maximum absolute atomic E-state index is 13.5. The number of fused-ring (bicyclic) bond motifs is 3. The lowest BCUT2D eigenvalue weighted by atomic mass is 10.1. The fourth-order valence-electron chi connectivity index (χ4n) is 2.42. The molecule has 1 aliphatic rings. The van der Waals surface area contributed by atoms with Gasteiger partial charge in [-0.15, -0.1) is 0 Å². The number of aromatic nitrogens is 1. The number of nitrogens with zero attached hydrogens (tertiary/aromatic N) is 1. The van der Waals surface area contributed by atoms with Crippen molar-refractivity contribution in [3.05, 3.63) is 35.3 Å². The average molecular weight is 232 g/mol. The summed E-state index contributed by atoms with van der Waals surface area (Å²) in [4.78, 5) is 11.7. The summed E-state index contributed by atoms with van der Waals surface area (Å²) < 4.78 is 15.5. The Bertz CT molecular complexity index is 630. The Morgan fingerprint density at radius 3 is 2.94 bits per heavy atom. The lowest BCUT2D eigenvalue weighted by Gasteiger charge is -2.24. The highest BCUT2D eigenvalue weighted by Crippen LogP contribution is 2.28. The van der Waals surface area contributed by atoms with Gasteiger partial charge in [-0.3, -0.25) is 4.79 Å². The second-order valence-corrected chi connectivity index (χ2v) is 4.62. The summed E-state index contributed by atoms with van der Waals surface area (Å²) in [5, 5.41) is 3.61. The predicted octanol–water partition coefficient (Wildman–Crippen LogP) is 2.39. The van der Waals surface area contributed by atoms with E-state index in [1.165, 1.54) is 6.07 Å². The van der Waals surface area contributed by atoms with Crippen LogP contribution in [-0.2, 0) is 0 Å². The maximum atomic E-state index is 13.5. The van der Waals surface area contributed by atoms with Gasteiger partial charge in [-0.05, 0) is 37.6 Å². The highest BCUT2D eigenvalue weighted by atomic mass is 19.1. The van der Waals surface area contributed by atoms with Crippen LogP contribution in [0.25, 0.3) is 10.9 Å². The van der Waals surface area contributed by atoms with Crippen molar-refractivity contribution in [2.75, 3.05) is 6.54 Å². The van der Waals surface area contributed by atoms with E-state index in [0.29, 0.717) is 17.8 Å². The second kappa shape index (κ2) is 3.32. The summed E-state index contributed by atoms with van der Waals surface area (Å²) in [5.41, 5.74) is 2.15. The van der Waals surface area contributed by atoms with E-state index in [1.807, 2.05) is 17.6 Å². The van der Waals surface area contributed by atoms with E-state index < -0.39 is 0 Å². The number of amides is 1. The molecule has 1 aliphatic heterocycles. The monoisotopic (exact) mass is 232 g/mol. The van der Waals surface area contributed by atoms with Crippen molar-refractivity contribution in [1.82, 2.24) is 9.88 Å². The minimum Gasteiger partial charge on any atom is -0.349 e. The van der Waals surface area contributed by atoms with Gasteiger partial charge < -0.3 is 9.88 Å². The summed E-state index contributed by atoms with van der Waals surface area (Å²) in [7, 11) is 0. The van der Waals surface area contributed by atoms with Gasteiger partial charge in [0.25, 0.3) is 5.91 Å². The van der Waals surface area contributed by atoms with E-state index in [1.54, 1.807) is 13.0 Å². The average Bonchev–Trinajstić information content (AvgIpc) is 2.64. The van der Waals surface area contributed by atoms with Gasteiger partial charge in [0.2, 0.25) is 0 Å².